The topological polar surface area (TPSA) is 50.8 Å². The molecule has 0 aromatic rings. The third-order valence-corrected chi connectivity index (χ3v) is 3.38. The van der Waals surface area contributed by atoms with E-state index in [2.05, 4.69) is 24.1 Å². The summed E-state index contributed by atoms with van der Waals surface area (Å²) in [5.74, 6) is -0.175. The van der Waals surface area contributed by atoms with E-state index in [9.17, 15) is 4.79 Å². The second-order valence-corrected chi connectivity index (χ2v) is 4.91. The molecule has 1 saturated heterocycles. The van der Waals surface area contributed by atoms with E-state index in [1.54, 1.807) is 0 Å². The van der Waals surface area contributed by atoms with Crippen molar-refractivity contribution in [3.8, 4) is 0 Å². The van der Waals surface area contributed by atoms with Crippen LogP contribution in [0.1, 0.15) is 27.2 Å². The Morgan fingerprint density at radius 2 is 2.28 bits per heavy atom. The standard InChI is InChI=1S/C13H26N2O3/c1-5-14-12(13(16)17-4)6-7-15-8-11(3)18-9-10(15)2/h10-12,14H,5-9H2,1-4H3. The Kier molecular flexibility index (Phi) is 6.60. The predicted octanol–water partition coefficient (Wildman–Crippen LogP) is 0.637. The third kappa shape index (κ3) is 4.55. The zero-order valence-electron chi connectivity index (χ0n) is 11.9. The molecule has 0 amide bonds. The average Bonchev–Trinajstić information content (AvgIpc) is 2.37. The highest BCUT2D eigenvalue weighted by Gasteiger charge is 2.25. The Balaban J connectivity index is 2.42. The first-order valence-corrected chi connectivity index (χ1v) is 6.75. The molecule has 0 aromatic heterocycles. The molecule has 5 nitrogen and oxygen atoms in total. The van der Waals surface area contributed by atoms with Gasteiger partial charge < -0.3 is 14.8 Å². The summed E-state index contributed by atoms with van der Waals surface area (Å²) in [6, 6.07) is 0.214. The maximum absolute atomic E-state index is 11.6. The number of methoxy groups -OCH3 is 1. The molecular formula is C13H26N2O3. The van der Waals surface area contributed by atoms with Crippen LogP contribution >= 0.6 is 0 Å². The van der Waals surface area contributed by atoms with Crippen LogP contribution in [-0.4, -0.2) is 62.4 Å². The van der Waals surface area contributed by atoms with Gasteiger partial charge in [-0.3, -0.25) is 9.69 Å². The van der Waals surface area contributed by atoms with Gasteiger partial charge in [0.15, 0.2) is 0 Å². The first-order valence-electron chi connectivity index (χ1n) is 6.75. The lowest BCUT2D eigenvalue weighted by molar-refractivity contribution is -0.143. The summed E-state index contributed by atoms with van der Waals surface area (Å²) in [5.41, 5.74) is 0. The van der Waals surface area contributed by atoms with Crippen LogP contribution in [0.4, 0.5) is 0 Å². The zero-order valence-corrected chi connectivity index (χ0v) is 11.9. The van der Waals surface area contributed by atoms with Crippen LogP contribution in [0.5, 0.6) is 0 Å². The van der Waals surface area contributed by atoms with Crippen LogP contribution in [0.25, 0.3) is 0 Å². The van der Waals surface area contributed by atoms with E-state index in [1.807, 2.05) is 6.92 Å². The lowest BCUT2D eigenvalue weighted by Gasteiger charge is -2.37. The Bertz CT molecular complexity index is 261. The van der Waals surface area contributed by atoms with Gasteiger partial charge in [-0.2, -0.15) is 0 Å². The Hall–Kier alpha value is -0.650. The molecule has 5 heteroatoms. The van der Waals surface area contributed by atoms with E-state index in [-0.39, 0.29) is 18.1 Å². The van der Waals surface area contributed by atoms with Crippen molar-refractivity contribution in [2.75, 3.05) is 33.4 Å². The number of hydrogen-bond acceptors (Lipinski definition) is 5. The highest BCUT2D eigenvalue weighted by atomic mass is 16.5. The molecule has 1 heterocycles. The largest absolute Gasteiger partial charge is 0.468 e. The van der Waals surface area contributed by atoms with Gasteiger partial charge in [-0.25, -0.2) is 0 Å². The van der Waals surface area contributed by atoms with Gasteiger partial charge in [0.05, 0.1) is 19.8 Å². The summed E-state index contributed by atoms with van der Waals surface area (Å²) in [6.45, 7) is 9.60. The van der Waals surface area contributed by atoms with E-state index >= 15 is 0 Å². The number of carbonyl (C=O) groups excluding carboxylic acids is 1. The van der Waals surface area contributed by atoms with Gasteiger partial charge in [-0.05, 0) is 26.8 Å². The summed E-state index contributed by atoms with van der Waals surface area (Å²) in [5, 5.41) is 3.17. The van der Waals surface area contributed by atoms with Crippen molar-refractivity contribution >= 4 is 5.97 Å². The van der Waals surface area contributed by atoms with Gasteiger partial charge in [0.25, 0.3) is 0 Å². The molecule has 18 heavy (non-hydrogen) atoms. The molecule has 3 unspecified atom stereocenters. The fourth-order valence-corrected chi connectivity index (χ4v) is 2.27. The van der Waals surface area contributed by atoms with E-state index in [1.165, 1.54) is 7.11 Å². The molecule has 1 N–H and O–H groups in total. The molecule has 1 aliphatic heterocycles. The highest BCUT2D eigenvalue weighted by Crippen LogP contribution is 2.12. The van der Waals surface area contributed by atoms with Crippen molar-refractivity contribution in [3.63, 3.8) is 0 Å². The summed E-state index contributed by atoms with van der Waals surface area (Å²) in [7, 11) is 1.44. The van der Waals surface area contributed by atoms with E-state index in [0.29, 0.717) is 6.04 Å². The molecule has 0 saturated carbocycles. The van der Waals surface area contributed by atoms with E-state index in [0.717, 1.165) is 32.7 Å². The Morgan fingerprint density at radius 3 is 2.89 bits per heavy atom. The van der Waals surface area contributed by atoms with Gasteiger partial charge in [0.2, 0.25) is 0 Å². The summed E-state index contributed by atoms with van der Waals surface area (Å²) in [4.78, 5) is 14.0. The van der Waals surface area contributed by atoms with E-state index in [4.69, 9.17) is 9.47 Å². The quantitative estimate of drug-likeness (QED) is 0.708. The number of esters is 1. The van der Waals surface area contributed by atoms with Crippen molar-refractivity contribution in [2.45, 2.75) is 45.4 Å². The summed E-state index contributed by atoms with van der Waals surface area (Å²) in [6.07, 6.45) is 1.05. The average molecular weight is 258 g/mol. The molecule has 0 aliphatic carbocycles. The van der Waals surface area contributed by atoms with Gasteiger partial charge in [-0.1, -0.05) is 6.92 Å². The van der Waals surface area contributed by atoms with Gasteiger partial charge in [0.1, 0.15) is 6.04 Å². The first kappa shape index (κ1) is 15.4. The molecule has 1 rings (SSSR count). The summed E-state index contributed by atoms with van der Waals surface area (Å²) < 4.78 is 10.4. The van der Waals surface area contributed by atoms with Crippen molar-refractivity contribution in [3.05, 3.63) is 0 Å². The molecule has 3 atom stereocenters. The maximum atomic E-state index is 11.6. The zero-order chi connectivity index (χ0) is 13.5. The van der Waals surface area contributed by atoms with E-state index < -0.39 is 0 Å². The smallest absolute Gasteiger partial charge is 0.322 e. The summed E-state index contributed by atoms with van der Waals surface area (Å²) >= 11 is 0. The minimum Gasteiger partial charge on any atom is -0.468 e. The number of nitrogens with one attached hydrogen (secondary N) is 1. The SMILES string of the molecule is CCNC(CCN1CC(C)OCC1C)C(=O)OC. The van der Waals surface area contributed by atoms with Crippen LogP contribution in [0.15, 0.2) is 0 Å². The number of nitrogens with zero attached hydrogens (tertiary/aromatic N) is 1. The monoisotopic (exact) mass is 258 g/mol. The van der Waals surface area contributed by atoms with Gasteiger partial charge in [-0.15, -0.1) is 0 Å². The van der Waals surface area contributed by atoms with Crippen molar-refractivity contribution in [1.82, 2.24) is 10.2 Å². The molecule has 0 bridgehead atoms. The van der Waals surface area contributed by atoms with Crippen molar-refractivity contribution in [2.24, 2.45) is 0 Å². The number of hydrogen-bond donors (Lipinski definition) is 1. The third-order valence-electron chi connectivity index (χ3n) is 3.38. The number of rotatable bonds is 6. The van der Waals surface area contributed by atoms with Crippen LogP contribution in [0.2, 0.25) is 0 Å². The van der Waals surface area contributed by atoms with Gasteiger partial charge in [0, 0.05) is 19.1 Å². The molecular weight excluding hydrogens is 232 g/mol. The van der Waals surface area contributed by atoms with Crippen LogP contribution < -0.4 is 5.32 Å². The normalized spacial score (nSPS) is 26.9. The van der Waals surface area contributed by atoms with Crippen molar-refractivity contribution < 1.29 is 14.3 Å². The number of likely N-dealkylation sites (N-methyl/N-ethyl adjacent to an activating group) is 1. The van der Waals surface area contributed by atoms with Crippen LogP contribution in [-0.2, 0) is 14.3 Å². The number of carbonyl (C=O) groups is 1. The molecule has 0 spiro atoms. The predicted molar refractivity (Wildman–Crippen MR) is 70.5 cm³/mol. The molecule has 1 aliphatic rings. The Labute approximate surface area is 110 Å². The lowest BCUT2D eigenvalue weighted by Crippen LogP contribution is -2.49. The van der Waals surface area contributed by atoms with Crippen molar-refractivity contribution in [1.29, 1.82) is 0 Å². The lowest BCUT2D eigenvalue weighted by atomic mass is 10.1. The molecule has 0 radical (unpaired) electrons. The number of ether oxygens (including phenoxy) is 2. The Morgan fingerprint density at radius 1 is 1.56 bits per heavy atom. The van der Waals surface area contributed by atoms with Gasteiger partial charge >= 0.3 is 5.97 Å². The van der Waals surface area contributed by atoms with Crippen LogP contribution in [0, 0.1) is 0 Å². The molecule has 1 fully saturated rings. The second kappa shape index (κ2) is 7.71. The number of morpholine rings is 1. The maximum Gasteiger partial charge on any atom is 0.322 e. The molecule has 106 valence electrons. The van der Waals surface area contributed by atoms with Crippen LogP contribution in [0.3, 0.4) is 0 Å². The highest BCUT2D eigenvalue weighted by molar-refractivity contribution is 5.75. The molecule has 0 aromatic carbocycles. The second-order valence-electron chi connectivity index (χ2n) is 4.91. The first-order chi connectivity index (χ1) is 8.58. The minimum atomic E-state index is -0.203. The fraction of sp³-hybridized carbons (Fsp3) is 0.923. The fourth-order valence-electron chi connectivity index (χ4n) is 2.27. The minimum absolute atomic E-state index is 0.175.